The molecule has 2 amide bonds. The number of carbonyl (C=O) groups is 2. The van der Waals surface area contributed by atoms with Crippen LogP contribution in [0.1, 0.15) is 13.8 Å². The molecule has 116 valence electrons. The predicted octanol–water partition coefficient (Wildman–Crippen LogP) is 0.995. The van der Waals surface area contributed by atoms with Crippen LogP contribution in [0.2, 0.25) is 0 Å². The maximum absolute atomic E-state index is 11.7. The number of rotatable bonds is 8. The molecule has 0 saturated heterocycles. The Labute approximate surface area is 125 Å². The Morgan fingerprint density at radius 1 is 1.24 bits per heavy atom. The Morgan fingerprint density at radius 2 is 1.90 bits per heavy atom. The molecule has 0 saturated carbocycles. The van der Waals surface area contributed by atoms with Gasteiger partial charge in [0.1, 0.15) is 5.75 Å². The Morgan fingerprint density at radius 3 is 2.48 bits per heavy atom. The van der Waals surface area contributed by atoms with Crippen LogP contribution in [0.4, 0.5) is 5.69 Å². The van der Waals surface area contributed by atoms with E-state index in [9.17, 15) is 9.59 Å². The second-order valence-electron chi connectivity index (χ2n) is 4.68. The minimum Gasteiger partial charge on any atom is -0.494 e. The Balaban J connectivity index is 2.38. The predicted molar refractivity (Wildman–Crippen MR) is 82.3 cm³/mol. The van der Waals surface area contributed by atoms with Crippen molar-refractivity contribution in [1.29, 1.82) is 0 Å². The molecule has 0 spiro atoms. The van der Waals surface area contributed by atoms with E-state index in [0.29, 0.717) is 18.8 Å². The largest absolute Gasteiger partial charge is 0.494 e. The minimum atomic E-state index is -0.260. The molecule has 6 heteroatoms. The molecule has 1 aromatic rings. The first kappa shape index (κ1) is 17.0. The zero-order valence-electron chi connectivity index (χ0n) is 12.7. The van der Waals surface area contributed by atoms with Crippen molar-refractivity contribution in [3.63, 3.8) is 0 Å². The summed E-state index contributed by atoms with van der Waals surface area (Å²) >= 11 is 0. The summed E-state index contributed by atoms with van der Waals surface area (Å²) < 4.78 is 5.32. The average molecular weight is 293 g/mol. The molecule has 0 aliphatic rings. The minimum absolute atomic E-state index is 0.0416. The third-order valence-electron chi connectivity index (χ3n) is 2.83. The fourth-order valence-corrected chi connectivity index (χ4v) is 1.75. The van der Waals surface area contributed by atoms with Gasteiger partial charge in [0.05, 0.1) is 13.2 Å². The molecule has 3 N–H and O–H groups in total. The van der Waals surface area contributed by atoms with Crippen LogP contribution in [-0.2, 0) is 9.59 Å². The fraction of sp³-hybridized carbons (Fsp3) is 0.467. The van der Waals surface area contributed by atoms with E-state index in [-0.39, 0.29) is 24.3 Å². The Kier molecular flexibility index (Phi) is 7.25. The number of amides is 2. The standard InChI is InChI=1S/C15H23N3O3/c1-4-21-13-7-5-12(6-8-13)18-14(19)10-17-15(20)11(2)9-16-3/h5-8,11,16H,4,9-10H2,1-3H3,(H,17,20)(H,18,19). The summed E-state index contributed by atoms with van der Waals surface area (Å²) in [5, 5.41) is 8.23. The van der Waals surface area contributed by atoms with Gasteiger partial charge in [0.15, 0.2) is 0 Å². The van der Waals surface area contributed by atoms with Crippen molar-refractivity contribution in [3.8, 4) is 5.75 Å². The summed E-state index contributed by atoms with van der Waals surface area (Å²) in [6.07, 6.45) is 0. The lowest BCUT2D eigenvalue weighted by atomic mass is 10.1. The lowest BCUT2D eigenvalue weighted by molar-refractivity contribution is -0.126. The highest BCUT2D eigenvalue weighted by Gasteiger charge is 2.12. The highest BCUT2D eigenvalue weighted by atomic mass is 16.5. The van der Waals surface area contributed by atoms with Crippen molar-refractivity contribution in [3.05, 3.63) is 24.3 Å². The van der Waals surface area contributed by atoms with Gasteiger partial charge in [-0.15, -0.1) is 0 Å². The number of hydrogen-bond donors (Lipinski definition) is 3. The highest BCUT2D eigenvalue weighted by molar-refractivity contribution is 5.94. The lowest BCUT2D eigenvalue weighted by Crippen LogP contribution is -2.38. The van der Waals surface area contributed by atoms with Crippen molar-refractivity contribution in [2.24, 2.45) is 5.92 Å². The third-order valence-corrected chi connectivity index (χ3v) is 2.83. The zero-order valence-corrected chi connectivity index (χ0v) is 12.7. The second kappa shape index (κ2) is 8.97. The highest BCUT2D eigenvalue weighted by Crippen LogP contribution is 2.15. The number of carbonyl (C=O) groups excluding carboxylic acids is 2. The SMILES string of the molecule is CCOc1ccc(NC(=O)CNC(=O)C(C)CNC)cc1. The maximum Gasteiger partial charge on any atom is 0.243 e. The van der Waals surface area contributed by atoms with Gasteiger partial charge in [0, 0.05) is 18.2 Å². The van der Waals surface area contributed by atoms with E-state index in [1.807, 2.05) is 6.92 Å². The third kappa shape index (κ3) is 6.27. The topological polar surface area (TPSA) is 79.5 Å². The molecule has 0 radical (unpaired) electrons. The van der Waals surface area contributed by atoms with E-state index in [4.69, 9.17) is 4.74 Å². The van der Waals surface area contributed by atoms with Crippen LogP contribution in [-0.4, -0.2) is 38.6 Å². The van der Waals surface area contributed by atoms with E-state index >= 15 is 0 Å². The summed E-state index contributed by atoms with van der Waals surface area (Å²) in [6, 6.07) is 7.09. The van der Waals surface area contributed by atoms with E-state index in [1.54, 1.807) is 38.2 Å². The molecule has 1 unspecified atom stereocenters. The van der Waals surface area contributed by atoms with E-state index < -0.39 is 0 Å². The van der Waals surface area contributed by atoms with Crippen molar-refractivity contribution in [2.45, 2.75) is 13.8 Å². The number of benzene rings is 1. The maximum atomic E-state index is 11.7. The van der Waals surface area contributed by atoms with Crippen molar-refractivity contribution < 1.29 is 14.3 Å². The summed E-state index contributed by atoms with van der Waals surface area (Å²) in [4.78, 5) is 23.4. The summed E-state index contributed by atoms with van der Waals surface area (Å²) in [5.74, 6) is 0.174. The van der Waals surface area contributed by atoms with Crippen LogP contribution >= 0.6 is 0 Å². The van der Waals surface area contributed by atoms with Gasteiger partial charge >= 0.3 is 0 Å². The van der Waals surface area contributed by atoms with Crippen LogP contribution in [0.25, 0.3) is 0 Å². The van der Waals surface area contributed by atoms with Crippen molar-refractivity contribution in [1.82, 2.24) is 10.6 Å². The van der Waals surface area contributed by atoms with Gasteiger partial charge in [-0.3, -0.25) is 9.59 Å². The lowest BCUT2D eigenvalue weighted by Gasteiger charge is -2.12. The van der Waals surface area contributed by atoms with Gasteiger partial charge in [-0.05, 0) is 38.2 Å². The van der Waals surface area contributed by atoms with Gasteiger partial charge in [0.2, 0.25) is 11.8 Å². The fourth-order valence-electron chi connectivity index (χ4n) is 1.75. The van der Waals surface area contributed by atoms with Gasteiger partial charge in [-0.2, -0.15) is 0 Å². The molecule has 1 atom stereocenters. The number of hydrogen-bond acceptors (Lipinski definition) is 4. The van der Waals surface area contributed by atoms with Gasteiger partial charge < -0.3 is 20.7 Å². The molecule has 0 aromatic heterocycles. The summed E-state index contributed by atoms with van der Waals surface area (Å²) in [6.45, 7) is 4.85. The number of nitrogens with one attached hydrogen (secondary N) is 3. The van der Waals surface area contributed by atoms with Crippen LogP contribution < -0.4 is 20.7 Å². The first-order chi connectivity index (χ1) is 10.1. The smallest absolute Gasteiger partial charge is 0.243 e. The zero-order chi connectivity index (χ0) is 15.7. The number of anilines is 1. The van der Waals surface area contributed by atoms with Crippen LogP contribution in [0.15, 0.2) is 24.3 Å². The van der Waals surface area contributed by atoms with Gasteiger partial charge in [-0.25, -0.2) is 0 Å². The van der Waals surface area contributed by atoms with Crippen molar-refractivity contribution >= 4 is 17.5 Å². The molecule has 0 aliphatic heterocycles. The van der Waals surface area contributed by atoms with Gasteiger partial charge in [-0.1, -0.05) is 6.92 Å². The quantitative estimate of drug-likeness (QED) is 0.668. The summed E-state index contributed by atoms with van der Waals surface area (Å²) in [7, 11) is 1.78. The molecule has 0 fully saturated rings. The molecular weight excluding hydrogens is 270 g/mol. The van der Waals surface area contributed by atoms with Crippen molar-refractivity contribution in [2.75, 3.05) is 32.1 Å². The molecular formula is C15H23N3O3. The normalized spacial score (nSPS) is 11.6. The molecule has 0 bridgehead atoms. The van der Waals surface area contributed by atoms with Crippen LogP contribution in [0.3, 0.4) is 0 Å². The van der Waals surface area contributed by atoms with E-state index in [0.717, 1.165) is 5.75 Å². The van der Waals surface area contributed by atoms with Gasteiger partial charge in [0.25, 0.3) is 0 Å². The van der Waals surface area contributed by atoms with E-state index in [1.165, 1.54) is 0 Å². The molecule has 0 heterocycles. The van der Waals surface area contributed by atoms with Crippen LogP contribution in [0.5, 0.6) is 5.75 Å². The summed E-state index contributed by atoms with van der Waals surface area (Å²) in [5.41, 5.74) is 0.668. The van der Waals surface area contributed by atoms with Crippen LogP contribution in [0, 0.1) is 5.92 Å². The molecule has 1 aromatic carbocycles. The first-order valence-corrected chi connectivity index (χ1v) is 7.01. The molecule has 0 aliphatic carbocycles. The van der Waals surface area contributed by atoms with E-state index in [2.05, 4.69) is 16.0 Å². The Hall–Kier alpha value is -2.08. The molecule has 1 rings (SSSR count). The molecule has 6 nitrogen and oxygen atoms in total. The monoisotopic (exact) mass is 293 g/mol. The molecule has 21 heavy (non-hydrogen) atoms. The average Bonchev–Trinajstić information content (AvgIpc) is 2.47. The number of ether oxygens (including phenoxy) is 1. The first-order valence-electron chi connectivity index (χ1n) is 7.01. The Bertz CT molecular complexity index is 460. The second-order valence-corrected chi connectivity index (χ2v) is 4.68.